The van der Waals surface area contributed by atoms with Crippen molar-refractivity contribution in [2.75, 3.05) is 26.7 Å². The summed E-state index contributed by atoms with van der Waals surface area (Å²) in [5.41, 5.74) is 1.68. The van der Waals surface area contributed by atoms with Crippen molar-refractivity contribution in [3.05, 3.63) is 29.5 Å². The molecule has 0 N–H and O–H groups in total. The van der Waals surface area contributed by atoms with Crippen LogP contribution in [0.1, 0.15) is 54.6 Å². The van der Waals surface area contributed by atoms with Crippen LogP contribution in [0.25, 0.3) is 11.0 Å². The Morgan fingerprint density at radius 1 is 1.07 bits per heavy atom. The average Bonchev–Trinajstić information content (AvgIpc) is 3.56. The van der Waals surface area contributed by atoms with Crippen LogP contribution in [0.15, 0.2) is 22.6 Å². The second-order valence-corrected chi connectivity index (χ2v) is 10.1. The van der Waals surface area contributed by atoms with Crippen molar-refractivity contribution in [1.82, 2.24) is 9.80 Å². The molecular formula is C25H32N2O3. The number of hydrogen-bond acceptors (Lipinski definition) is 4. The van der Waals surface area contributed by atoms with Gasteiger partial charge in [0.1, 0.15) is 11.3 Å². The van der Waals surface area contributed by atoms with Crippen molar-refractivity contribution in [2.24, 2.45) is 17.8 Å². The molecule has 0 radical (unpaired) electrons. The SMILES string of the molecule is COc1ccc2c(C)c(C(=O)N3C[C@@H]4C[C@H](C3)[C@@H]3CCC[C@H](C5CC5)N3C4)oc2c1. The highest BCUT2D eigenvalue weighted by molar-refractivity contribution is 5.99. The number of ether oxygens (including phenoxy) is 1. The Labute approximate surface area is 178 Å². The highest BCUT2D eigenvalue weighted by Gasteiger charge is 2.48. The molecule has 4 heterocycles. The Bertz CT molecular complexity index is 978. The lowest BCUT2D eigenvalue weighted by atomic mass is 9.74. The number of aryl methyl sites for hydroxylation is 1. The van der Waals surface area contributed by atoms with E-state index in [0.29, 0.717) is 23.6 Å². The summed E-state index contributed by atoms with van der Waals surface area (Å²) in [6.45, 7) is 4.94. The minimum atomic E-state index is 0.0698. The fraction of sp³-hybridized carbons (Fsp3) is 0.640. The van der Waals surface area contributed by atoms with Gasteiger partial charge in [-0.1, -0.05) is 6.42 Å². The van der Waals surface area contributed by atoms with Gasteiger partial charge < -0.3 is 14.1 Å². The molecule has 1 saturated carbocycles. The van der Waals surface area contributed by atoms with E-state index in [0.717, 1.165) is 47.3 Å². The molecule has 1 amide bonds. The largest absolute Gasteiger partial charge is 0.497 e. The van der Waals surface area contributed by atoms with Crippen molar-refractivity contribution >= 4 is 16.9 Å². The van der Waals surface area contributed by atoms with Crippen molar-refractivity contribution in [2.45, 2.75) is 57.5 Å². The van der Waals surface area contributed by atoms with Crippen LogP contribution in [0.5, 0.6) is 5.75 Å². The number of furan rings is 1. The molecule has 5 heteroatoms. The molecule has 3 saturated heterocycles. The molecule has 0 spiro atoms. The molecule has 2 aromatic rings. The summed E-state index contributed by atoms with van der Waals surface area (Å²) in [5, 5.41) is 1.00. The summed E-state index contributed by atoms with van der Waals surface area (Å²) in [6.07, 6.45) is 8.23. The lowest BCUT2D eigenvalue weighted by Crippen LogP contribution is -2.62. The molecule has 1 aromatic heterocycles. The van der Waals surface area contributed by atoms with E-state index in [1.807, 2.05) is 25.1 Å². The van der Waals surface area contributed by atoms with Crippen LogP contribution in [0.2, 0.25) is 0 Å². The summed E-state index contributed by atoms with van der Waals surface area (Å²) >= 11 is 0. The number of rotatable bonds is 3. The Morgan fingerprint density at radius 2 is 1.87 bits per heavy atom. The zero-order chi connectivity index (χ0) is 20.4. The van der Waals surface area contributed by atoms with Gasteiger partial charge in [-0.05, 0) is 68.9 Å². The van der Waals surface area contributed by atoms with Gasteiger partial charge in [0.15, 0.2) is 5.76 Å². The van der Waals surface area contributed by atoms with Gasteiger partial charge in [-0.2, -0.15) is 0 Å². The molecule has 4 aliphatic rings. The van der Waals surface area contributed by atoms with E-state index >= 15 is 0 Å². The van der Waals surface area contributed by atoms with Crippen molar-refractivity contribution in [3.63, 3.8) is 0 Å². The molecule has 30 heavy (non-hydrogen) atoms. The van der Waals surface area contributed by atoms with Gasteiger partial charge >= 0.3 is 0 Å². The first-order chi connectivity index (χ1) is 14.6. The molecule has 4 fully saturated rings. The molecule has 2 bridgehead atoms. The smallest absolute Gasteiger partial charge is 0.289 e. The molecule has 1 aromatic carbocycles. The van der Waals surface area contributed by atoms with Gasteiger partial charge in [0.2, 0.25) is 0 Å². The summed E-state index contributed by atoms with van der Waals surface area (Å²) in [4.78, 5) is 18.5. The van der Waals surface area contributed by atoms with Crippen molar-refractivity contribution in [3.8, 4) is 5.75 Å². The van der Waals surface area contributed by atoms with Crippen LogP contribution in [0, 0.1) is 24.7 Å². The normalized spacial score (nSPS) is 31.6. The van der Waals surface area contributed by atoms with Crippen LogP contribution in [-0.2, 0) is 0 Å². The summed E-state index contributed by atoms with van der Waals surface area (Å²) in [6, 6.07) is 7.30. The van der Waals surface area contributed by atoms with Crippen molar-refractivity contribution in [1.29, 1.82) is 0 Å². The quantitative estimate of drug-likeness (QED) is 0.752. The van der Waals surface area contributed by atoms with E-state index in [-0.39, 0.29) is 5.91 Å². The third-order valence-corrected chi connectivity index (χ3v) is 8.23. The number of carbonyl (C=O) groups excluding carboxylic acids is 1. The number of hydrogen-bond donors (Lipinski definition) is 0. The van der Waals surface area contributed by atoms with Crippen LogP contribution in [-0.4, -0.2) is 54.5 Å². The zero-order valence-corrected chi connectivity index (χ0v) is 18.1. The van der Waals surface area contributed by atoms with Gasteiger partial charge in [-0.3, -0.25) is 9.69 Å². The van der Waals surface area contributed by atoms with E-state index in [2.05, 4.69) is 9.80 Å². The summed E-state index contributed by atoms with van der Waals surface area (Å²) in [5.74, 6) is 3.51. The Kier molecular flexibility index (Phi) is 4.38. The number of methoxy groups -OCH3 is 1. The Morgan fingerprint density at radius 3 is 2.63 bits per heavy atom. The topological polar surface area (TPSA) is 45.9 Å². The number of benzene rings is 1. The highest BCUT2D eigenvalue weighted by atomic mass is 16.5. The first-order valence-corrected chi connectivity index (χ1v) is 11.7. The number of likely N-dealkylation sites (tertiary alicyclic amines) is 1. The van der Waals surface area contributed by atoms with E-state index in [1.54, 1.807) is 7.11 Å². The van der Waals surface area contributed by atoms with Gasteiger partial charge in [0, 0.05) is 48.7 Å². The first kappa shape index (κ1) is 18.7. The number of fused-ring (bicyclic) bond motifs is 5. The first-order valence-electron chi connectivity index (χ1n) is 11.7. The fourth-order valence-corrected chi connectivity index (χ4v) is 6.68. The predicted molar refractivity (Wildman–Crippen MR) is 116 cm³/mol. The van der Waals surface area contributed by atoms with Gasteiger partial charge in [0.05, 0.1) is 7.11 Å². The summed E-state index contributed by atoms with van der Waals surface area (Å²) in [7, 11) is 1.65. The van der Waals surface area contributed by atoms with Crippen LogP contribution in [0.3, 0.4) is 0 Å². The third kappa shape index (κ3) is 2.96. The third-order valence-electron chi connectivity index (χ3n) is 8.23. The maximum absolute atomic E-state index is 13.5. The Hall–Kier alpha value is -2.01. The minimum absolute atomic E-state index is 0.0698. The molecule has 1 aliphatic carbocycles. The lowest BCUT2D eigenvalue weighted by Gasteiger charge is -2.55. The van der Waals surface area contributed by atoms with Crippen molar-refractivity contribution < 1.29 is 13.9 Å². The van der Waals surface area contributed by atoms with Crippen LogP contribution < -0.4 is 4.74 Å². The minimum Gasteiger partial charge on any atom is -0.497 e. The van der Waals surface area contributed by atoms with E-state index in [4.69, 9.17) is 9.15 Å². The van der Waals surface area contributed by atoms with Crippen LogP contribution >= 0.6 is 0 Å². The standard InChI is InChI=1S/C25H32N2O3/c1-15-20-9-8-19(29-2)11-23(20)30-24(15)25(28)26-12-16-10-18(14-26)22-5-3-4-21(17-6-7-17)27(22)13-16/h8-9,11,16-18,21-22H,3-7,10,12-14H2,1-2H3/t16-,18+,21+,22-/m0/s1. The number of piperidine rings is 3. The Balaban J connectivity index is 1.25. The van der Waals surface area contributed by atoms with Crippen LogP contribution in [0.4, 0.5) is 0 Å². The van der Waals surface area contributed by atoms with E-state index in [1.165, 1.54) is 45.1 Å². The molecule has 6 rings (SSSR count). The monoisotopic (exact) mass is 408 g/mol. The van der Waals surface area contributed by atoms with E-state index in [9.17, 15) is 4.79 Å². The van der Waals surface area contributed by atoms with Gasteiger partial charge in [-0.15, -0.1) is 0 Å². The van der Waals surface area contributed by atoms with Gasteiger partial charge in [0.25, 0.3) is 5.91 Å². The number of amides is 1. The summed E-state index contributed by atoms with van der Waals surface area (Å²) < 4.78 is 11.4. The zero-order valence-electron chi connectivity index (χ0n) is 18.1. The molecule has 3 aliphatic heterocycles. The molecule has 160 valence electrons. The number of carbonyl (C=O) groups is 1. The average molecular weight is 409 g/mol. The molecule has 0 unspecified atom stereocenters. The van der Waals surface area contributed by atoms with Gasteiger partial charge in [-0.25, -0.2) is 0 Å². The molecular weight excluding hydrogens is 376 g/mol. The molecule has 5 nitrogen and oxygen atoms in total. The highest BCUT2D eigenvalue weighted by Crippen LogP contribution is 2.46. The second-order valence-electron chi connectivity index (χ2n) is 10.1. The fourth-order valence-electron chi connectivity index (χ4n) is 6.68. The predicted octanol–water partition coefficient (Wildman–Crippen LogP) is 4.47. The maximum Gasteiger partial charge on any atom is 0.289 e. The second kappa shape index (κ2) is 7.01. The number of nitrogens with zero attached hydrogens (tertiary/aromatic N) is 2. The maximum atomic E-state index is 13.5. The van der Waals surface area contributed by atoms with E-state index < -0.39 is 0 Å². The molecule has 4 atom stereocenters. The lowest BCUT2D eigenvalue weighted by molar-refractivity contribution is -0.0555.